The lowest BCUT2D eigenvalue weighted by atomic mass is 9.84. The second kappa shape index (κ2) is 9.97. The minimum atomic E-state index is 0.718. The third kappa shape index (κ3) is 5.08. The summed E-state index contributed by atoms with van der Waals surface area (Å²) >= 11 is 0. The summed E-state index contributed by atoms with van der Waals surface area (Å²) in [5.41, 5.74) is 4.15. The first-order valence-corrected chi connectivity index (χ1v) is 11.2. The Morgan fingerprint density at radius 2 is 1.79 bits per heavy atom. The van der Waals surface area contributed by atoms with Gasteiger partial charge in [-0.05, 0) is 61.4 Å². The molecule has 0 spiro atoms. The molecule has 2 aliphatic rings. The van der Waals surface area contributed by atoms with E-state index >= 15 is 0 Å². The molecule has 2 aromatic rings. The predicted molar refractivity (Wildman–Crippen MR) is 117 cm³/mol. The van der Waals surface area contributed by atoms with Gasteiger partial charge in [0.15, 0.2) is 6.73 Å². The van der Waals surface area contributed by atoms with Gasteiger partial charge in [0.2, 0.25) is 0 Å². The molecule has 1 aliphatic carbocycles. The molecule has 3 heteroatoms. The van der Waals surface area contributed by atoms with Gasteiger partial charge in [0.1, 0.15) is 5.75 Å². The Morgan fingerprint density at radius 1 is 0.929 bits per heavy atom. The number of anilines is 1. The van der Waals surface area contributed by atoms with Crippen LogP contribution in [0.4, 0.5) is 5.69 Å². The summed E-state index contributed by atoms with van der Waals surface area (Å²) in [6.07, 6.45) is 10.6. The SMILES string of the molecule is c1ccc(CNCCCCCN2COc3cc(C4CCCCC4)ccc32)cc1. The first-order valence-electron chi connectivity index (χ1n) is 11.2. The molecule has 1 N–H and O–H groups in total. The Balaban J connectivity index is 1.16. The van der Waals surface area contributed by atoms with Crippen molar-refractivity contribution in [1.29, 1.82) is 0 Å². The highest BCUT2D eigenvalue weighted by Gasteiger charge is 2.23. The minimum absolute atomic E-state index is 0.718. The number of hydrogen-bond donors (Lipinski definition) is 1. The molecule has 0 amide bonds. The molecule has 0 saturated heterocycles. The van der Waals surface area contributed by atoms with Gasteiger partial charge in [-0.25, -0.2) is 0 Å². The Bertz CT molecular complexity index is 725. The molecule has 1 heterocycles. The predicted octanol–water partition coefficient (Wildman–Crippen LogP) is 5.85. The van der Waals surface area contributed by atoms with E-state index in [4.69, 9.17) is 4.74 Å². The van der Waals surface area contributed by atoms with E-state index in [0.29, 0.717) is 0 Å². The second-order valence-corrected chi connectivity index (χ2v) is 8.32. The van der Waals surface area contributed by atoms with Crippen molar-refractivity contribution in [1.82, 2.24) is 5.32 Å². The maximum atomic E-state index is 6.00. The molecule has 150 valence electrons. The fourth-order valence-electron chi connectivity index (χ4n) is 4.56. The van der Waals surface area contributed by atoms with Gasteiger partial charge in [0.25, 0.3) is 0 Å². The van der Waals surface area contributed by atoms with Gasteiger partial charge in [-0.1, -0.05) is 62.1 Å². The lowest BCUT2D eigenvalue weighted by Gasteiger charge is -2.22. The van der Waals surface area contributed by atoms with E-state index in [9.17, 15) is 0 Å². The Hall–Kier alpha value is -2.00. The van der Waals surface area contributed by atoms with Crippen molar-refractivity contribution in [3.05, 3.63) is 59.7 Å². The quantitative estimate of drug-likeness (QED) is 0.554. The van der Waals surface area contributed by atoms with Crippen molar-refractivity contribution in [2.75, 3.05) is 24.7 Å². The van der Waals surface area contributed by atoms with Crippen LogP contribution in [0.1, 0.15) is 68.4 Å². The van der Waals surface area contributed by atoms with Crippen LogP contribution in [0.2, 0.25) is 0 Å². The summed E-state index contributed by atoms with van der Waals surface area (Å²) in [6, 6.07) is 17.6. The number of hydrogen-bond acceptors (Lipinski definition) is 3. The summed E-state index contributed by atoms with van der Waals surface area (Å²) in [4.78, 5) is 2.40. The van der Waals surface area contributed by atoms with Crippen molar-refractivity contribution in [3.63, 3.8) is 0 Å². The number of nitrogens with one attached hydrogen (secondary N) is 1. The van der Waals surface area contributed by atoms with Crippen LogP contribution in [0.15, 0.2) is 48.5 Å². The average molecular weight is 379 g/mol. The van der Waals surface area contributed by atoms with Gasteiger partial charge < -0.3 is 15.0 Å². The van der Waals surface area contributed by atoms with Crippen LogP contribution in [0, 0.1) is 0 Å². The summed E-state index contributed by atoms with van der Waals surface area (Å²) in [7, 11) is 0. The number of nitrogens with zero attached hydrogens (tertiary/aromatic N) is 1. The summed E-state index contributed by atoms with van der Waals surface area (Å²) in [5.74, 6) is 1.85. The van der Waals surface area contributed by atoms with E-state index in [0.717, 1.165) is 38.0 Å². The lowest BCUT2D eigenvalue weighted by molar-refractivity contribution is 0.344. The molecule has 0 aromatic heterocycles. The van der Waals surface area contributed by atoms with E-state index in [1.807, 2.05) is 0 Å². The first kappa shape index (κ1) is 19.3. The van der Waals surface area contributed by atoms with Crippen molar-refractivity contribution in [2.24, 2.45) is 0 Å². The molecule has 0 bridgehead atoms. The van der Waals surface area contributed by atoms with Crippen LogP contribution in [0.25, 0.3) is 0 Å². The molecule has 1 saturated carbocycles. The third-order valence-corrected chi connectivity index (χ3v) is 6.23. The third-order valence-electron chi connectivity index (χ3n) is 6.23. The smallest absolute Gasteiger partial charge is 0.161 e. The van der Waals surface area contributed by atoms with Gasteiger partial charge in [-0.2, -0.15) is 0 Å². The van der Waals surface area contributed by atoms with Crippen LogP contribution >= 0.6 is 0 Å². The molecule has 0 atom stereocenters. The van der Waals surface area contributed by atoms with E-state index in [-0.39, 0.29) is 0 Å². The second-order valence-electron chi connectivity index (χ2n) is 8.32. The van der Waals surface area contributed by atoms with Crippen LogP contribution in [-0.2, 0) is 6.54 Å². The topological polar surface area (TPSA) is 24.5 Å². The van der Waals surface area contributed by atoms with Crippen LogP contribution < -0.4 is 15.0 Å². The monoisotopic (exact) mass is 378 g/mol. The van der Waals surface area contributed by atoms with Gasteiger partial charge in [-0.3, -0.25) is 0 Å². The minimum Gasteiger partial charge on any atom is -0.471 e. The van der Waals surface area contributed by atoms with E-state index in [1.54, 1.807) is 0 Å². The highest BCUT2D eigenvalue weighted by atomic mass is 16.5. The molecule has 0 radical (unpaired) electrons. The van der Waals surface area contributed by atoms with Gasteiger partial charge in [0.05, 0.1) is 5.69 Å². The van der Waals surface area contributed by atoms with Crippen molar-refractivity contribution in [3.8, 4) is 5.75 Å². The highest BCUT2D eigenvalue weighted by molar-refractivity contribution is 5.62. The summed E-state index contributed by atoms with van der Waals surface area (Å²) in [6.45, 7) is 3.87. The molecular formula is C25H34N2O. The molecule has 1 aliphatic heterocycles. The fraction of sp³-hybridized carbons (Fsp3) is 0.520. The first-order chi connectivity index (χ1) is 13.9. The molecule has 3 nitrogen and oxygen atoms in total. The van der Waals surface area contributed by atoms with Crippen LogP contribution in [0.5, 0.6) is 5.75 Å². The van der Waals surface area contributed by atoms with Crippen LogP contribution in [-0.4, -0.2) is 19.8 Å². The van der Waals surface area contributed by atoms with Crippen molar-refractivity contribution < 1.29 is 4.74 Å². The number of ether oxygens (including phenoxy) is 1. The van der Waals surface area contributed by atoms with Gasteiger partial charge in [-0.15, -0.1) is 0 Å². The number of benzene rings is 2. The van der Waals surface area contributed by atoms with E-state index in [2.05, 4.69) is 58.7 Å². The Morgan fingerprint density at radius 3 is 2.64 bits per heavy atom. The van der Waals surface area contributed by atoms with Gasteiger partial charge >= 0.3 is 0 Å². The van der Waals surface area contributed by atoms with Crippen molar-refractivity contribution in [2.45, 2.75) is 63.8 Å². The standard InChI is InChI=1S/C25H34N2O/c1-4-10-21(11-5-1)19-26-16-8-3-9-17-27-20-28-25-18-23(14-15-24(25)27)22-12-6-2-7-13-22/h1,4-5,10-11,14-15,18,22,26H,2-3,6-9,12-13,16-17,19-20H2. The maximum absolute atomic E-state index is 6.00. The summed E-state index contributed by atoms with van der Waals surface area (Å²) in [5, 5.41) is 3.54. The van der Waals surface area contributed by atoms with Crippen molar-refractivity contribution >= 4 is 5.69 Å². The number of fused-ring (bicyclic) bond motifs is 1. The number of rotatable bonds is 9. The van der Waals surface area contributed by atoms with Gasteiger partial charge in [0, 0.05) is 13.1 Å². The average Bonchev–Trinajstić information content (AvgIpc) is 3.17. The molecule has 4 rings (SSSR count). The largest absolute Gasteiger partial charge is 0.471 e. The molecule has 1 fully saturated rings. The van der Waals surface area contributed by atoms with E-state index in [1.165, 1.54) is 68.2 Å². The molecule has 28 heavy (non-hydrogen) atoms. The maximum Gasteiger partial charge on any atom is 0.161 e. The molecule has 2 aromatic carbocycles. The Kier molecular flexibility index (Phi) is 6.88. The van der Waals surface area contributed by atoms with Crippen LogP contribution in [0.3, 0.4) is 0 Å². The number of unbranched alkanes of at least 4 members (excludes halogenated alkanes) is 2. The summed E-state index contributed by atoms with van der Waals surface area (Å²) < 4.78 is 6.00. The van der Waals surface area contributed by atoms with E-state index < -0.39 is 0 Å². The lowest BCUT2D eigenvalue weighted by Crippen LogP contribution is -2.23. The zero-order valence-electron chi connectivity index (χ0n) is 17.0. The molecule has 0 unspecified atom stereocenters. The Labute approximate surface area is 170 Å². The fourth-order valence-corrected chi connectivity index (χ4v) is 4.56. The highest BCUT2D eigenvalue weighted by Crippen LogP contribution is 2.40. The zero-order chi connectivity index (χ0) is 19.0. The normalized spacial score (nSPS) is 16.8. The molecular weight excluding hydrogens is 344 g/mol. The zero-order valence-corrected chi connectivity index (χ0v) is 17.0.